The Balaban J connectivity index is 1.56. The number of benzene rings is 2. The topological polar surface area (TPSA) is 41.5 Å². The van der Waals surface area contributed by atoms with Gasteiger partial charge in [-0.25, -0.2) is 18.7 Å². The number of nitrogens with zero attached hydrogens (tertiary/aromatic N) is 4. The molecule has 0 N–H and O–H groups in total. The van der Waals surface area contributed by atoms with Gasteiger partial charge in [-0.2, -0.15) is 0 Å². The fourth-order valence-electron chi connectivity index (χ4n) is 4.81. The number of rotatable bonds is 5. The lowest BCUT2D eigenvalue weighted by Gasteiger charge is -2.38. The minimum Gasteiger partial charge on any atom is -0.497 e. The summed E-state index contributed by atoms with van der Waals surface area (Å²) in [5.41, 5.74) is 3.86. The molecule has 0 spiro atoms. The standard InChI is InChI=1S/C25H25ClF2N4O/c1-33-20-8-2-16(3-9-20)14-31-13-11-21-22(23(31)17-4-6-18(27)7-5-17)29-25(26)30-24(21)32-12-10-19(28)15-32/h2-9,19,23H,10-15H2,1H3. The fourth-order valence-corrected chi connectivity index (χ4v) is 4.98. The van der Waals surface area contributed by atoms with Gasteiger partial charge >= 0.3 is 0 Å². The number of fused-ring (bicyclic) bond motifs is 1. The summed E-state index contributed by atoms with van der Waals surface area (Å²) in [4.78, 5) is 13.4. The molecule has 0 amide bonds. The summed E-state index contributed by atoms with van der Waals surface area (Å²) in [5.74, 6) is 1.24. The average Bonchev–Trinajstić information content (AvgIpc) is 3.26. The van der Waals surface area contributed by atoms with Crippen LogP contribution in [0.5, 0.6) is 5.75 Å². The maximum atomic E-state index is 14.0. The summed E-state index contributed by atoms with van der Waals surface area (Å²) in [6.07, 6.45) is 0.349. The molecule has 1 saturated heterocycles. The number of hydrogen-bond donors (Lipinski definition) is 0. The highest BCUT2D eigenvalue weighted by molar-refractivity contribution is 6.28. The van der Waals surface area contributed by atoms with Crippen LogP contribution in [0.4, 0.5) is 14.6 Å². The van der Waals surface area contributed by atoms with Gasteiger partial charge in [0.1, 0.15) is 23.6 Å². The molecule has 2 atom stereocenters. The average molecular weight is 471 g/mol. The van der Waals surface area contributed by atoms with Gasteiger partial charge in [0, 0.05) is 25.2 Å². The van der Waals surface area contributed by atoms with Gasteiger partial charge in [0.05, 0.1) is 25.4 Å². The summed E-state index contributed by atoms with van der Waals surface area (Å²) < 4.78 is 33.0. The van der Waals surface area contributed by atoms with Crippen molar-refractivity contribution >= 4 is 17.4 Å². The van der Waals surface area contributed by atoms with Gasteiger partial charge in [0.15, 0.2) is 0 Å². The van der Waals surface area contributed by atoms with E-state index in [9.17, 15) is 8.78 Å². The monoisotopic (exact) mass is 470 g/mol. The quantitative estimate of drug-likeness (QED) is 0.492. The van der Waals surface area contributed by atoms with Crippen molar-refractivity contribution in [1.29, 1.82) is 0 Å². The first kappa shape index (κ1) is 22.0. The minimum absolute atomic E-state index is 0.143. The Labute approximate surface area is 197 Å². The molecule has 0 saturated carbocycles. The highest BCUT2D eigenvalue weighted by Crippen LogP contribution is 2.39. The third-order valence-electron chi connectivity index (χ3n) is 6.42. The Bertz CT molecular complexity index is 1130. The van der Waals surface area contributed by atoms with Crippen LogP contribution in [-0.2, 0) is 13.0 Å². The molecule has 2 unspecified atom stereocenters. The maximum Gasteiger partial charge on any atom is 0.224 e. The van der Waals surface area contributed by atoms with E-state index in [4.69, 9.17) is 16.3 Å². The number of hydrogen-bond acceptors (Lipinski definition) is 5. The molecule has 2 aromatic carbocycles. The first-order valence-electron chi connectivity index (χ1n) is 11.1. The van der Waals surface area contributed by atoms with Crippen molar-refractivity contribution < 1.29 is 13.5 Å². The van der Waals surface area contributed by atoms with Gasteiger partial charge < -0.3 is 9.64 Å². The van der Waals surface area contributed by atoms with Crippen molar-refractivity contribution in [2.24, 2.45) is 0 Å². The Hall–Kier alpha value is -2.77. The summed E-state index contributed by atoms with van der Waals surface area (Å²) in [6, 6.07) is 14.3. The second kappa shape index (κ2) is 9.23. The summed E-state index contributed by atoms with van der Waals surface area (Å²) in [6.45, 7) is 2.36. The van der Waals surface area contributed by atoms with E-state index in [1.165, 1.54) is 12.1 Å². The Morgan fingerprint density at radius 1 is 1.06 bits per heavy atom. The number of halogens is 3. The van der Waals surface area contributed by atoms with Crippen LogP contribution in [0.2, 0.25) is 5.28 Å². The summed E-state index contributed by atoms with van der Waals surface area (Å²) in [7, 11) is 1.65. The molecule has 1 aromatic heterocycles. The molecule has 8 heteroatoms. The van der Waals surface area contributed by atoms with Gasteiger partial charge in [-0.05, 0) is 59.8 Å². The van der Waals surface area contributed by atoms with Gasteiger partial charge in [0.25, 0.3) is 0 Å². The second-order valence-electron chi connectivity index (χ2n) is 8.53. The molecule has 0 radical (unpaired) electrons. The number of anilines is 1. The zero-order valence-electron chi connectivity index (χ0n) is 18.3. The van der Waals surface area contributed by atoms with E-state index in [0.29, 0.717) is 26.1 Å². The molecule has 2 aliphatic heterocycles. The molecule has 3 heterocycles. The molecular weight excluding hydrogens is 446 g/mol. The molecule has 5 nitrogen and oxygen atoms in total. The van der Waals surface area contributed by atoms with E-state index in [0.717, 1.165) is 46.9 Å². The highest BCUT2D eigenvalue weighted by Gasteiger charge is 2.35. The van der Waals surface area contributed by atoms with E-state index in [-0.39, 0.29) is 17.1 Å². The van der Waals surface area contributed by atoms with Gasteiger partial charge in [-0.1, -0.05) is 24.3 Å². The van der Waals surface area contributed by atoms with E-state index in [1.807, 2.05) is 29.2 Å². The van der Waals surface area contributed by atoms with Crippen LogP contribution in [0, 0.1) is 5.82 Å². The zero-order chi connectivity index (χ0) is 22.9. The van der Waals surface area contributed by atoms with E-state index in [2.05, 4.69) is 14.9 Å². The zero-order valence-corrected chi connectivity index (χ0v) is 19.1. The Morgan fingerprint density at radius 3 is 2.48 bits per heavy atom. The molecule has 33 heavy (non-hydrogen) atoms. The van der Waals surface area contributed by atoms with Crippen molar-refractivity contribution in [3.05, 3.63) is 82.0 Å². The van der Waals surface area contributed by atoms with Crippen LogP contribution < -0.4 is 9.64 Å². The molecule has 1 fully saturated rings. The number of ether oxygens (including phenoxy) is 1. The summed E-state index contributed by atoms with van der Waals surface area (Å²) >= 11 is 6.38. The SMILES string of the molecule is COc1ccc(CN2CCc3c(nc(Cl)nc3N3CCC(F)C3)C2c2ccc(F)cc2)cc1. The molecule has 2 aliphatic rings. The third-order valence-corrected chi connectivity index (χ3v) is 6.59. The number of methoxy groups -OCH3 is 1. The van der Waals surface area contributed by atoms with Gasteiger partial charge in [-0.15, -0.1) is 0 Å². The Morgan fingerprint density at radius 2 is 1.82 bits per heavy atom. The largest absolute Gasteiger partial charge is 0.497 e. The van der Waals surface area contributed by atoms with Gasteiger partial charge in [-0.3, -0.25) is 4.90 Å². The fraction of sp³-hybridized carbons (Fsp3) is 0.360. The molecule has 0 bridgehead atoms. The predicted octanol–water partition coefficient (Wildman–Crippen LogP) is 4.97. The highest BCUT2D eigenvalue weighted by atomic mass is 35.5. The molecule has 3 aromatic rings. The minimum atomic E-state index is -0.863. The predicted molar refractivity (Wildman–Crippen MR) is 124 cm³/mol. The number of alkyl halides is 1. The second-order valence-corrected chi connectivity index (χ2v) is 8.87. The van der Waals surface area contributed by atoms with Crippen LogP contribution in [0.3, 0.4) is 0 Å². The van der Waals surface area contributed by atoms with Crippen LogP contribution in [0.15, 0.2) is 48.5 Å². The van der Waals surface area contributed by atoms with Crippen molar-refractivity contribution in [2.45, 2.75) is 31.6 Å². The lowest BCUT2D eigenvalue weighted by atomic mass is 9.91. The van der Waals surface area contributed by atoms with Crippen molar-refractivity contribution in [2.75, 3.05) is 31.6 Å². The lowest BCUT2D eigenvalue weighted by Crippen LogP contribution is -2.38. The lowest BCUT2D eigenvalue weighted by molar-refractivity contribution is 0.200. The van der Waals surface area contributed by atoms with Gasteiger partial charge in [0.2, 0.25) is 5.28 Å². The van der Waals surface area contributed by atoms with Crippen molar-refractivity contribution in [3.8, 4) is 5.75 Å². The molecule has 172 valence electrons. The molecular formula is C25H25ClF2N4O. The van der Waals surface area contributed by atoms with E-state index < -0.39 is 6.17 Å². The molecule has 0 aliphatic carbocycles. The third kappa shape index (κ3) is 4.52. The van der Waals surface area contributed by atoms with Crippen LogP contribution >= 0.6 is 11.6 Å². The Kier molecular flexibility index (Phi) is 6.17. The van der Waals surface area contributed by atoms with Crippen LogP contribution in [0.25, 0.3) is 0 Å². The van der Waals surface area contributed by atoms with E-state index in [1.54, 1.807) is 19.2 Å². The normalized spacial score (nSPS) is 20.7. The first-order valence-corrected chi connectivity index (χ1v) is 11.5. The van der Waals surface area contributed by atoms with Crippen LogP contribution in [0.1, 0.15) is 34.8 Å². The maximum absolute atomic E-state index is 14.0. The van der Waals surface area contributed by atoms with Crippen molar-refractivity contribution in [3.63, 3.8) is 0 Å². The van der Waals surface area contributed by atoms with Crippen LogP contribution in [-0.4, -0.2) is 47.8 Å². The molecule has 5 rings (SSSR count). The van der Waals surface area contributed by atoms with E-state index >= 15 is 0 Å². The first-order chi connectivity index (χ1) is 16.0. The van der Waals surface area contributed by atoms with Crippen molar-refractivity contribution in [1.82, 2.24) is 14.9 Å². The summed E-state index contributed by atoms with van der Waals surface area (Å²) in [5, 5.41) is 0.143. The smallest absolute Gasteiger partial charge is 0.224 e. The number of aromatic nitrogens is 2.